The average Bonchev–Trinajstić information content (AvgIpc) is 3.47. The van der Waals surface area contributed by atoms with Gasteiger partial charge in [0.1, 0.15) is 0 Å². The molecule has 4 heterocycles. The Morgan fingerprint density at radius 2 is 2.03 bits per heavy atom. The monoisotopic (exact) mass is 409 g/mol. The molecule has 0 radical (unpaired) electrons. The molecule has 2 aliphatic rings. The molecular weight excluding hydrogens is 386 g/mol. The van der Waals surface area contributed by atoms with Gasteiger partial charge in [0.15, 0.2) is 11.6 Å². The Morgan fingerprint density at radius 1 is 1.17 bits per heavy atom. The first-order chi connectivity index (χ1) is 14.2. The van der Waals surface area contributed by atoms with Crippen LogP contribution in [0.3, 0.4) is 0 Å². The van der Waals surface area contributed by atoms with Gasteiger partial charge in [0.05, 0.1) is 24.3 Å². The van der Waals surface area contributed by atoms with Crippen molar-refractivity contribution >= 4 is 17.2 Å². The Hall–Kier alpha value is -2.55. The van der Waals surface area contributed by atoms with Crippen molar-refractivity contribution in [1.82, 2.24) is 24.6 Å². The van der Waals surface area contributed by atoms with Crippen LogP contribution < -0.4 is 0 Å². The number of hydrogen-bond donors (Lipinski definition) is 1. The second-order valence-electron chi connectivity index (χ2n) is 7.69. The molecular formula is C21H23N5O2S. The van der Waals surface area contributed by atoms with E-state index in [0.29, 0.717) is 32.6 Å². The van der Waals surface area contributed by atoms with Gasteiger partial charge in [-0.15, -0.1) is 10.2 Å². The minimum atomic E-state index is -0.364. The van der Waals surface area contributed by atoms with Crippen LogP contribution in [0, 0.1) is 0 Å². The van der Waals surface area contributed by atoms with Gasteiger partial charge in [0, 0.05) is 31.6 Å². The number of aromatic nitrogens is 3. The summed E-state index contributed by atoms with van der Waals surface area (Å²) >= 11 is 1.53. The molecule has 8 heteroatoms. The predicted octanol–water partition coefficient (Wildman–Crippen LogP) is 2.30. The van der Waals surface area contributed by atoms with E-state index in [2.05, 4.69) is 31.8 Å². The van der Waals surface area contributed by atoms with Crippen LogP contribution in [0.15, 0.2) is 47.2 Å². The van der Waals surface area contributed by atoms with Crippen LogP contribution in [0.5, 0.6) is 0 Å². The first-order valence-electron chi connectivity index (χ1n) is 9.88. The zero-order chi connectivity index (χ0) is 19.8. The van der Waals surface area contributed by atoms with E-state index in [4.69, 9.17) is 0 Å². The highest BCUT2D eigenvalue weighted by molar-refractivity contribution is 7.08. The second kappa shape index (κ2) is 7.70. The molecule has 2 aromatic heterocycles. The summed E-state index contributed by atoms with van der Waals surface area (Å²) in [6.07, 6.45) is 0.291. The van der Waals surface area contributed by atoms with Crippen molar-refractivity contribution in [2.75, 3.05) is 13.1 Å². The van der Waals surface area contributed by atoms with Crippen LogP contribution in [0.2, 0.25) is 0 Å². The number of aliphatic hydroxyl groups excluding tert-OH is 1. The molecule has 2 aliphatic heterocycles. The standard InChI is InChI=1S/C21H23N5O2S/c27-17-10-18(25(12-17)11-15-4-2-1-3-5-15)20-23-22-19-13-24(7-8-26(19)20)21(28)16-6-9-29-14-16/h1-6,9,14,17-18,27H,7-8,10-13H2/t17-,18+/m1/s1. The van der Waals surface area contributed by atoms with Gasteiger partial charge in [-0.3, -0.25) is 9.69 Å². The van der Waals surface area contributed by atoms with Gasteiger partial charge in [0.25, 0.3) is 5.91 Å². The Kier molecular flexibility index (Phi) is 4.91. The molecule has 150 valence electrons. The molecule has 0 unspecified atom stereocenters. The lowest BCUT2D eigenvalue weighted by Gasteiger charge is -2.30. The summed E-state index contributed by atoms with van der Waals surface area (Å²) in [7, 11) is 0. The van der Waals surface area contributed by atoms with E-state index in [1.54, 1.807) is 0 Å². The molecule has 1 fully saturated rings. The maximum absolute atomic E-state index is 12.7. The SMILES string of the molecule is O=C(c1ccsc1)N1CCn2c(nnc2[C@@H]2C[C@@H](O)CN2Cc2ccccc2)C1. The number of rotatable bonds is 4. The maximum Gasteiger partial charge on any atom is 0.255 e. The van der Waals surface area contributed by atoms with Crippen molar-refractivity contribution in [3.63, 3.8) is 0 Å². The van der Waals surface area contributed by atoms with E-state index in [-0.39, 0.29) is 18.1 Å². The van der Waals surface area contributed by atoms with Crippen LogP contribution in [-0.2, 0) is 19.6 Å². The quantitative estimate of drug-likeness (QED) is 0.716. The van der Waals surface area contributed by atoms with Gasteiger partial charge >= 0.3 is 0 Å². The van der Waals surface area contributed by atoms with E-state index in [9.17, 15) is 9.90 Å². The number of thiophene rings is 1. The molecule has 0 spiro atoms. The number of likely N-dealkylation sites (tertiary alicyclic amines) is 1. The van der Waals surface area contributed by atoms with Crippen molar-refractivity contribution in [1.29, 1.82) is 0 Å². The van der Waals surface area contributed by atoms with Crippen LogP contribution >= 0.6 is 11.3 Å². The number of nitrogens with zero attached hydrogens (tertiary/aromatic N) is 5. The minimum absolute atomic E-state index is 0.0329. The number of benzene rings is 1. The van der Waals surface area contributed by atoms with E-state index < -0.39 is 0 Å². The van der Waals surface area contributed by atoms with Crippen molar-refractivity contribution in [3.05, 3.63) is 69.9 Å². The Balaban J connectivity index is 1.35. The first kappa shape index (κ1) is 18.5. The molecule has 1 aromatic carbocycles. The summed E-state index contributed by atoms with van der Waals surface area (Å²) in [6, 6.07) is 12.2. The molecule has 2 atom stereocenters. The van der Waals surface area contributed by atoms with Crippen LogP contribution in [0.25, 0.3) is 0 Å². The number of carbonyl (C=O) groups is 1. The van der Waals surface area contributed by atoms with Crippen LogP contribution in [0.4, 0.5) is 0 Å². The molecule has 1 saturated heterocycles. The minimum Gasteiger partial charge on any atom is -0.392 e. The van der Waals surface area contributed by atoms with Crippen LogP contribution in [-0.4, -0.2) is 54.8 Å². The largest absolute Gasteiger partial charge is 0.392 e. The van der Waals surface area contributed by atoms with Gasteiger partial charge in [0.2, 0.25) is 0 Å². The summed E-state index contributed by atoms with van der Waals surface area (Å²) in [6.45, 7) is 3.19. The van der Waals surface area contributed by atoms with Crippen molar-refractivity contribution in [2.45, 2.75) is 38.2 Å². The fraction of sp³-hybridized carbons (Fsp3) is 0.381. The highest BCUT2D eigenvalue weighted by Crippen LogP contribution is 2.33. The maximum atomic E-state index is 12.7. The molecule has 0 bridgehead atoms. The molecule has 1 amide bonds. The molecule has 1 N–H and O–H groups in total. The summed E-state index contributed by atoms with van der Waals surface area (Å²) in [5.41, 5.74) is 1.95. The number of fused-ring (bicyclic) bond motifs is 1. The molecule has 0 saturated carbocycles. The Morgan fingerprint density at radius 3 is 2.83 bits per heavy atom. The summed E-state index contributed by atoms with van der Waals surface area (Å²) in [5.74, 6) is 1.76. The van der Waals surface area contributed by atoms with Gasteiger partial charge in [-0.1, -0.05) is 30.3 Å². The third-order valence-electron chi connectivity index (χ3n) is 5.75. The number of carbonyl (C=O) groups excluding carboxylic acids is 1. The van der Waals surface area contributed by atoms with Gasteiger partial charge in [-0.2, -0.15) is 11.3 Å². The molecule has 7 nitrogen and oxygen atoms in total. The topological polar surface area (TPSA) is 74.5 Å². The third kappa shape index (κ3) is 3.59. The normalized spacial score (nSPS) is 22.0. The summed E-state index contributed by atoms with van der Waals surface area (Å²) in [4.78, 5) is 16.8. The van der Waals surface area contributed by atoms with E-state index >= 15 is 0 Å². The fourth-order valence-corrected chi connectivity index (χ4v) is 4.94. The van der Waals surface area contributed by atoms with Crippen molar-refractivity contribution in [2.24, 2.45) is 0 Å². The number of aliphatic hydroxyl groups is 1. The Labute approximate surface area is 173 Å². The molecule has 3 aromatic rings. The highest BCUT2D eigenvalue weighted by Gasteiger charge is 2.37. The fourth-order valence-electron chi connectivity index (χ4n) is 4.31. The highest BCUT2D eigenvalue weighted by atomic mass is 32.1. The smallest absolute Gasteiger partial charge is 0.255 e. The number of hydrogen-bond acceptors (Lipinski definition) is 6. The molecule has 29 heavy (non-hydrogen) atoms. The lowest BCUT2D eigenvalue weighted by atomic mass is 10.1. The van der Waals surface area contributed by atoms with E-state index in [1.165, 1.54) is 16.9 Å². The van der Waals surface area contributed by atoms with Gasteiger partial charge in [-0.05, 0) is 23.4 Å². The van der Waals surface area contributed by atoms with E-state index in [1.807, 2.05) is 39.9 Å². The van der Waals surface area contributed by atoms with Crippen molar-refractivity contribution < 1.29 is 9.90 Å². The number of amides is 1. The van der Waals surface area contributed by atoms with E-state index in [0.717, 1.165) is 23.8 Å². The zero-order valence-corrected chi connectivity index (χ0v) is 16.8. The summed E-state index contributed by atoms with van der Waals surface area (Å²) < 4.78 is 2.14. The zero-order valence-electron chi connectivity index (χ0n) is 16.0. The third-order valence-corrected chi connectivity index (χ3v) is 6.43. The Bertz CT molecular complexity index is 988. The van der Waals surface area contributed by atoms with Gasteiger partial charge in [-0.25, -0.2) is 0 Å². The predicted molar refractivity (Wildman–Crippen MR) is 109 cm³/mol. The second-order valence-corrected chi connectivity index (χ2v) is 8.47. The molecule has 0 aliphatic carbocycles. The average molecular weight is 410 g/mol. The summed E-state index contributed by atoms with van der Waals surface area (Å²) in [5, 5.41) is 23.0. The van der Waals surface area contributed by atoms with Crippen molar-refractivity contribution in [3.8, 4) is 0 Å². The van der Waals surface area contributed by atoms with Gasteiger partial charge < -0.3 is 14.6 Å². The lowest BCUT2D eigenvalue weighted by Crippen LogP contribution is -2.39. The first-order valence-corrected chi connectivity index (χ1v) is 10.8. The molecule has 5 rings (SSSR count). The van der Waals surface area contributed by atoms with Crippen LogP contribution in [0.1, 0.15) is 40.0 Å². The lowest BCUT2D eigenvalue weighted by molar-refractivity contribution is 0.0705. The number of β-amino-alcohol motifs (C(OH)–C–C–N with tert-alkyl or cyclic N) is 1.